The summed E-state index contributed by atoms with van der Waals surface area (Å²) in [6, 6.07) is -0.526. The first kappa shape index (κ1) is 21.9. The molecule has 1 heterocycles. The van der Waals surface area contributed by atoms with Gasteiger partial charge in [0.25, 0.3) is 0 Å². The van der Waals surface area contributed by atoms with E-state index >= 15 is 0 Å². The lowest BCUT2D eigenvalue weighted by molar-refractivity contribution is -0.151. The Kier molecular flexibility index (Phi) is 11.7. The maximum Gasteiger partial charge on any atom is 0.322 e. The van der Waals surface area contributed by atoms with Crippen LogP contribution in [0.5, 0.6) is 0 Å². The highest BCUT2D eigenvalue weighted by atomic mass is 16.5. The van der Waals surface area contributed by atoms with Gasteiger partial charge in [0.1, 0.15) is 6.04 Å². The number of nitrogens with zero attached hydrogens (tertiary/aromatic N) is 2. The summed E-state index contributed by atoms with van der Waals surface area (Å²) in [7, 11) is 0. The van der Waals surface area contributed by atoms with Crippen LogP contribution < -0.4 is 0 Å². The van der Waals surface area contributed by atoms with E-state index in [0.29, 0.717) is 32.2 Å². The summed E-state index contributed by atoms with van der Waals surface area (Å²) in [6.07, 6.45) is 1.79. The van der Waals surface area contributed by atoms with Crippen LogP contribution in [0.2, 0.25) is 0 Å². The fourth-order valence-electron chi connectivity index (χ4n) is 2.45. The van der Waals surface area contributed by atoms with Crippen LogP contribution in [0.25, 0.3) is 0 Å². The van der Waals surface area contributed by atoms with E-state index < -0.39 is 12.0 Å². The van der Waals surface area contributed by atoms with Crippen LogP contribution in [-0.4, -0.2) is 72.2 Å². The van der Waals surface area contributed by atoms with E-state index in [1.54, 1.807) is 0 Å². The van der Waals surface area contributed by atoms with E-state index in [0.717, 1.165) is 19.4 Å². The minimum absolute atomic E-state index is 0.182. The molecule has 1 fully saturated rings. The molecule has 1 atom stereocenters. The Morgan fingerprint density at radius 1 is 1.26 bits per heavy atom. The van der Waals surface area contributed by atoms with Crippen molar-refractivity contribution >= 4 is 11.9 Å². The number of piperazine rings is 1. The van der Waals surface area contributed by atoms with Gasteiger partial charge < -0.3 is 9.84 Å². The van der Waals surface area contributed by atoms with E-state index in [-0.39, 0.29) is 12.5 Å². The first-order valence-corrected chi connectivity index (χ1v) is 8.78. The number of carboxylic acids is 1. The summed E-state index contributed by atoms with van der Waals surface area (Å²) < 4.78 is 5.18. The van der Waals surface area contributed by atoms with Crippen molar-refractivity contribution < 1.29 is 19.4 Å². The molecule has 1 rings (SSSR count). The molecule has 1 aliphatic heterocycles. The first-order chi connectivity index (χ1) is 10.9. The Morgan fingerprint density at radius 3 is 2.43 bits per heavy atom. The lowest BCUT2D eigenvalue weighted by Gasteiger charge is -2.38. The van der Waals surface area contributed by atoms with Crippen LogP contribution in [0.15, 0.2) is 0 Å². The van der Waals surface area contributed by atoms with Crippen LogP contribution in [0.3, 0.4) is 0 Å². The number of hydrogen-bond acceptors (Lipinski definition) is 5. The Hall–Kier alpha value is -1.14. The summed E-state index contributed by atoms with van der Waals surface area (Å²) in [6.45, 7) is 13.4. The number of esters is 1. The predicted octanol–water partition coefficient (Wildman–Crippen LogP) is 2.08. The van der Waals surface area contributed by atoms with Gasteiger partial charge in [-0.05, 0) is 25.3 Å². The van der Waals surface area contributed by atoms with Crippen LogP contribution in [0.4, 0.5) is 0 Å². The monoisotopic (exact) mass is 330 g/mol. The van der Waals surface area contributed by atoms with Crippen molar-refractivity contribution in [3.05, 3.63) is 0 Å². The second-order valence-electron chi connectivity index (χ2n) is 6.03. The SMILES string of the molecule is CC.CCCN1CCN(CC(=O)OCCC(C)C)CC1C(=O)O. The maximum atomic E-state index is 11.8. The van der Waals surface area contributed by atoms with Gasteiger partial charge in [-0.3, -0.25) is 19.4 Å². The molecule has 6 heteroatoms. The molecule has 0 aromatic rings. The van der Waals surface area contributed by atoms with Crippen molar-refractivity contribution in [2.24, 2.45) is 5.92 Å². The van der Waals surface area contributed by atoms with Gasteiger partial charge in [0.15, 0.2) is 0 Å². The third-order valence-corrected chi connectivity index (χ3v) is 3.68. The van der Waals surface area contributed by atoms with E-state index in [4.69, 9.17) is 4.74 Å². The number of carbonyl (C=O) groups is 2. The van der Waals surface area contributed by atoms with Crippen molar-refractivity contribution in [3.8, 4) is 0 Å². The number of rotatable bonds is 8. The standard InChI is InChI=1S/C15H28N2O4.C2H6/c1-4-6-17-8-7-16(10-13(17)15(19)20)11-14(18)21-9-5-12(2)3;1-2/h12-13H,4-11H2,1-3H3,(H,19,20);1-2H3. The summed E-state index contributed by atoms with van der Waals surface area (Å²) >= 11 is 0. The lowest BCUT2D eigenvalue weighted by Crippen LogP contribution is -2.57. The molecule has 1 saturated heterocycles. The number of hydrogen-bond donors (Lipinski definition) is 1. The van der Waals surface area contributed by atoms with Gasteiger partial charge in [0.2, 0.25) is 0 Å². The zero-order valence-electron chi connectivity index (χ0n) is 15.4. The average molecular weight is 330 g/mol. The van der Waals surface area contributed by atoms with Gasteiger partial charge in [-0.1, -0.05) is 34.6 Å². The molecule has 0 radical (unpaired) electrons. The minimum Gasteiger partial charge on any atom is -0.480 e. The Bertz CT molecular complexity index is 347. The predicted molar refractivity (Wildman–Crippen MR) is 91.5 cm³/mol. The molecule has 6 nitrogen and oxygen atoms in total. The van der Waals surface area contributed by atoms with Crippen molar-refractivity contribution in [2.45, 2.75) is 53.5 Å². The number of carbonyl (C=O) groups excluding carboxylic acids is 1. The highest BCUT2D eigenvalue weighted by Gasteiger charge is 2.32. The Morgan fingerprint density at radius 2 is 1.91 bits per heavy atom. The molecule has 0 spiro atoms. The zero-order chi connectivity index (χ0) is 17.8. The summed E-state index contributed by atoms with van der Waals surface area (Å²) in [5.74, 6) is -0.572. The van der Waals surface area contributed by atoms with Crippen LogP contribution in [0, 0.1) is 5.92 Å². The summed E-state index contributed by atoms with van der Waals surface area (Å²) in [4.78, 5) is 26.9. The van der Waals surface area contributed by atoms with E-state index in [9.17, 15) is 14.7 Å². The minimum atomic E-state index is -0.818. The Balaban J connectivity index is 0.00000232. The fraction of sp³-hybridized carbons (Fsp3) is 0.882. The normalized spacial score (nSPS) is 19.1. The zero-order valence-corrected chi connectivity index (χ0v) is 15.4. The third kappa shape index (κ3) is 8.91. The molecule has 1 aliphatic rings. The molecule has 0 saturated carbocycles. The molecule has 23 heavy (non-hydrogen) atoms. The maximum absolute atomic E-state index is 11.8. The topological polar surface area (TPSA) is 70.1 Å². The van der Waals surface area contributed by atoms with E-state index in [1.165, 1.54) is 0 Å². The highest BCUT2D eigenvalue weighted by Crippen LogP contribution is 2.11. The molecular weight excluding hydrogens is 296 g/mol. The van der Waals surface area contributed by atoms with Crippen molar-refractivity contribution in [2.75, 3.05) is 39.3 Å². The second-order valence-corrected chi connectivity index (χ2v) is 6.03. The van der Waals surface area contributed by atoms with Crippen molar-refractivity contribution in [1.29, 1.82) is 0 Å². The number of carboxylic acid groups (broad SMARTS) is 1. The fourth-order valence-corrected chi connectivity index (χ4v) is 2.45. The molecule has 136 valence electrons. The summed E-state index contributed by atoms with van der Waals surface area (Å²) in [5.41, 5.74) is 0. The van der Waals surface area contributed by atoms with E-state index in [2.05, 4.69) is 13.8 Å². The van der Waals surface area contributed by atoms with Crippen molar-refractivity contribution in [3.63, 3.8) is 0 Å². The molecule has 0 aromatic heterocycles. The molecule has 0 bridgehead atoms. The van der Waals surface area contributed by atoms with Crippen LogP contribution in [0.1, 0.15) is 47.5 Å². The molecule has 0 aromatic carbocycles. The lowest BCUT2D eigenvalue weighted by atomic mass is 10.1. The summed E-state index contributed by atoms with van der Waals surface area (Å²) in [5, 5.41) is 9.31. The van der Waals surface area contributed by atoms with E-state index in [1.807, 2.05) is 30.6 Å². The molecular formula is C17H34N2O4. The van der Waals surface area contributed by atoms with Gasteiger partial charge in [-0.2, -0.15) is 0 Å². The van der Waals surface area contributed by atoms with Gasteiger partial charge >= 0.3 is 11.9 Å². The second kappa shape index (κ2) is 12.3. The van der Waals surface area contributed by atoms with Crippen molar-refractivity contribution in [1.82, 2.24) is 9.80 Å². The van der Waals surface area contributed by atoms with Gasteiger partial charge in [-0.15, -0.1) is 0 Å². The van der Waals surface area contributed by atoms with Crippen LogP contribution in [-0.2, 0) is 14.3 Å². The first-order valence-electron chi connectivity index (χ1n) is 8.78. The van der Waals surface area contributed by atoms with Gasteiger partial charge in [-0.25, -0.2) is 0 Å². The number of ether oxygens (including phenoxy) is 1. The largest absolute Gasteiger partial charge is 0.480 e. The smallest absolute Gasteiger partial charge is 0.322 e. The van der Waals surface area contributed by atoms with Crippen LogP contribution >= 0.6 is 0 Å². The molecule has 1 unspecified atom stereocenters. The average Bonchev–Trinajstić information content (AvgIpc) is 2.50. The molecule has 0 amide bonds. The molecule has 0 aliphatic carbocycles. The quantitative estimate of drug-likeness (QED) is 0.687. The highest BCUT2D eigenvalue weighted by molar-refractivity contribution is 5.75. The Labute approximate surface area is 140 Å². The number of aliphatic carboxylic acids is 1. The van der Waals surface area contributed by atoms with Gasteiger partial charge in [0.05, 0.1) is 13.2 Å². The molecule has 1 N–H and O–H groups in total. The van der Waals surface area contributed by atoms with Gasteiger partial charge in [0, 0.05) is 19.6 Å². The third-order valence-electron chi connectivity index (χ3n) is 3.68.